The van der Waals surface area contributed by atoms with E-state index in [0.717, 1.165) is 40.0 Å². The lowest BCUT2D eigenvalue weighted by atomic mass is 10.1. The van der Waals surface area contributed by atoms with Crippen molar-refractivity contribution in [1.82, 2.24) is 9.80 Å². The fraction of sp³-hybridized carbons (Fsp3) is 0.381. The van der Waals surface area contributed by atoms with Gasteiger partial charge in [-0.1, -0.05) is 67.3 Å². The highest BCUT2D eigenvalue weighted by atomic mass is 32.2. The third-order valence-corrected chi connectivity index (χ3v) is 6.59. The van der Waals surface area contributed by atoms with Crippen molar-refractivity contribution in [3.8, 4) is 11.5 Å². The van der Waals surface area contributed by atoms with Crippen molar-refractivity contribution < 1.29 is 9.47 Å². The van der Waals surface area contributed by atoms with Crippen LogP contribution >= 0.6 is 24.0 Å². The van der Waals surface area contributed by atoms with E-state index in [9.17, 15) is 0 Å². The first-order valence-electron chi connectivity index (χ1n) is 9.15. The molecule has 6 heteroatoms. The lowest BCUT2D eigenvalue weighted by Crippen LogP contribution is -2.48. The number of hydrogen-bond donors (Lipinski definition) is 0. The molecule has 0 amide bonds. The predicted molar refractivity (Wildman–Crippen MR) is 116 cm³/mol. The number of thioether (sulfide) groups is 1. The first-order chi connectivity index (χ1) is 13.2. The van der Waals surface area contributed by atoms with Gasteiger partial charge in [0.1, 0.15) is 22.0 Å². The molecule has 1 aliphatic rings. The first-order valence-corrected chi connectivity index (χ1v) is 10.4. The summed E-state index contributed by atoms with van der Waals surface area (Å²) in [6.45, 7) is 6.04. The van der Waals surface area contributed by atoms with Crippen LogP contribution in [-0.2, 0) is 0 Å². The summed E-state index contributed by atoms with van der Waals surface area (Å²) < 4.78 is 12.2. The van der Waals surface area contributed by atoms with Crippen molar-refractivity contribution in [2.24, 2.45) is 0 Å². The molecule has 4 nitrogen and oxygen atoms in total. The molecule has 3 rings (SSSR count). The molecule has 0 spiro atoms. The summed E-state index contributed by atoms with van der Waals surface area (Å²) >= 11 is 7.53. The van der Waals surface area contributed by atoms with Gasteiger partial charge in [0.2, 0.25) is 0 Å². The summed E-state index contributed by atoms with van der Waals surface area (Å²) in [4.78, 5) is 4.73. The smallest absolute Gasteiger partial charge is 0.139 e. The molecule has 0 aromatic heterocycles. The molecule has 0 N–H and O–H groups in total. The van der Waals surface area contributed by atoms with E-state index in [4.69, 9.17) is 21.7 Å². The summed E-state index contributed by atoms with van der Waals surface area (Å²) in [5.41, 5.74) is 2.27. The minimum Gasteiger partial charge on any atom is -0.496 e. The van der Waals surface area contributed by atoms with Crippen LogP contribution < -0.4 is 9.47 Å². The number of thiocarbonyl (C=S) groups is 1. The molecule has 0 bridgehead atoms. The van der Waals surface area contributed by atoms with Crippen molar-refractivity contribution in [2.45, 2.75) is 25.4 Å². The SMILES string of the molecule is CCN1C(=S)SC(c2ccccc2OC)N(CC)C1c1ccccc1OC. The molecule has 2 atom stereocenters. The minimum atomic E-state index is 0.0137. The molecule has 2 aromatic carbocycles. The Morgan fingerprint density at radius 3 is 2.00 bits per heavy atom. The maximum absolute atomic E-state index is 5.82. The molecule has 1 heterocycles. The van der Waals surface area contributed by atoms with Crippen LogP contribution in [0.25, 0.3) is 0 Å². The second-order valence-corrected chi connectivity index (χ2v) is 7.92. The van der Waals surface area contributed by atoms with Gasteiger partial charge in [0.05, 0.1) is 19.6 Å². The largest absolute Gasteiger partial charge is 0.496 e. The number of ether oxygens (including phenoxy) is 2. The van der Waals surface area contributed by atoms with Gasteiger partial charge in [-0.3, -0.25) is 4.90 Å². The van der Waals surface area contributed by atoms with Crippen LogP contribution in [-0.4, -0.2) is 41.4 Å². The number of benzene rings is 2. The van der Waals surface area contributed by atoms with Crippen molar-refractivity contribution in [3.63, 3.8) is 0 Å². The average molecular weight is 403 g/mol. The van der Waals surface area contributed by atoms with E-state index in [1.54, 1.807) is 26.0 Å². The molecule has 1 aliphatic heterocycles. The van der Waals surface area contributed by atoms with E-state index in [1.807, 2.05) is 24.3 Å². The van der Waals surface area contributed by atoms with Crippen LogP contribution in [0.5, 0.6) is 11.5 Å². The maximum Gasteiger partial charge on any atom is 0.139 e. The van der Waals surface area contributed by atoms with Gasteiger partial charge >= 0.3 is 0 Å². The molecular weight excluding hydrogens is 376 g/mol. The quantitative estimate of drug-likeness (QED) is 0.625. The number of hydrogen-bond acceptors (Lipinski definition) is 5. The minimum absolute atomic E-state index is 0.0137. The number of para-hydroxylation sites is 2. The summed E-state index contributed by atoms with van der Waals surface area (Å²) in [6, 6.07) is 16.4. The van der Waals surface area contributed by atoms with Gasteiger partial charge in [-0.25, -0.2) is 0 Å². The Balaban J connectivity index is 2.12. The normalized spacial score (nSPS) is 20.6. The predicted octanol–water partition coefficient (Wildman–Crippen LogP) is 5.08. The van der Waals surface area contributed by atoms with Gasteiger partial charge in [0.25, 0.3) is 0 Å². The van der Waals surface area contributed by atoms with E-state index in [0.29, 0.717) is 0 Å². The van der Waals surface area contributed by atoms with Crippen LogP contribution in [0.15, 0.2) is 48.5 Å². The molecule has 1 fully saturated rings. The Kier molecular flexibility index (Phi) is 6.63. The van der Waals surface area contributed by atoms with Crippen molar-refractivity contribution in [1.29, 1.82) is 0 Å². The Morgan fingerprint density at radius 2 is 1.44 bits per heavy atom. The van der Waals surface area contributed by atoms with Crippen LogP contribution in [0, 0.1) is 0 Å². The van der Waals surface area contributed by atoms with Crippen LogP contribution in [0.2, 0.25) is 0 Å². The third kappa shape index (κ3) is 3.79. The molecule has 144 valence electrons. The molecule has 0 saturated carbocycles. The Hall–Kier alpha value is -1.76. The summed E-state index contributed by atoms with van der Waals surface area (Å²) in [5.74, 6) is 1.77. The van der Waals surface area contributed by atoms with E-state index in [2.05, 4.69) is 47.9 Å². The molecule has 0 aliphatic carbocycles. The van der Waals surface area contributed by atoms with Crippen LogP contribution in [0.1, 0.15) is 36.5 Å². The third-order valence-electron chi connectivity index (χ3n) is 4.89. The first kappa shape index (κ1) is 20.0. The fourth-order valence-corrected chi connectivity index (χ4v) is 5.40. The summed E-state index contributed by atoms with van der Waals surface area (Å²) in [5, 5.41) is 0.0800. The standard InChI is InChI=1S/C21H26N2O2S2/c1-5-22-19(15-11-7-9-13-17(15)24-3)23(6-2)21(26)27-20(22)16-12-8-10-14-18(16)25-4/h7-14,19-20H,5-6H2,1-4H3. The van der Waals surface area contributed by atoms with E-state index in [-0.39, 0.29) is 11.5 Å². The summed E-state index contributed by atoms with van der Waals surface area (Å²) in [7, 11) is 3.44. The average Bonchev–Trinajstić information content (AvgIpc) is 2.72. The topological polar surface area (TPSA) is 24.9 Å². The van der Waals surface area contributed by atoms with Gasteiger partial charge in [-0.15, -0.1) is 0 Å². The molecule has 0 radical (unpaired) electrons. The highest BCUT2D eigenvalue weighted by Crippen LogP contribution is 2.49. The van der Waals surface area contributed by atoms with Crippen molar-refractivity contribution in [2.75, 3.05) is 27.3 Å². The highest BCUT2D eigenvalue weighted by Gasteiger charge is 2.41. The Morgan fingerprint density at radius 1 is 0.889 bits per heavy atom. The second kappa shape index (κ2) is 8.95. The maximum atomic E-state index is 5.82. The monoisotopic (exact) mass is 402 g/mol. The molecule has 1 saturated heterocycles. The van der Waals surface area contributed by atoms with Crippen LogP contribution in [0.3, 0.4) is 0 Å². The second-order valence-electron chi connectivity index (χ2n) is 6.21. The van der Waals surface area contributed by atoms with Crippen LogP contribution in [0.4, 0.5) is 0 Å². The number of methoxy groups -OCH3 is 2. The van der Waals surface area contributed by atoms with Crippen molar-refractivity contribution >= 4 is 28.3 Å². The molecule has 2 unspecified atom stereocenters. The zero-order valence-corrected chi connectivity index (χ0v) is 17.8. The Bertz CT molecular complexity index is 799. The number of nitrogens with zero attached hydrogens (tertiary/aromatic N) is 2. The van der Waals surface area contributed by atoms with E-state index in [1.165, 1.54) is 0 Å². The molecular formula is C21H26N2O2S2. The lowest BCUT2D eigenvalue weighted by Gasteiger charge is -2.49. The zero-order chi connectivity index (χ0) is 19.4. The fourth-order valence-electron chi connectivity index (χ4n) is 3.62. The Labute approximate surface area is 171 Å². The van der Waals surface area contributed by atoms with Gasteiger partial charge in [0.15, 0.2) is 0 Å². The molecule has 2 aromatic rings. The van der Waals surface area contributed by atoms with Gasteiger partial charge < -0.3 is 14.4 Å². The number of rotatable bonds is 6. The van der Waals surface area contributed by atoms with Gasteiger partial charge in [-0.05, 0) is 25.6 Å². The van der Waals surface area contributed by atoms with E-state index >= 15 is 0 Å². The zero-order valence-electron chi connectivity index (χ0n) is 16.2. The molecule has 27 heavy (non-hydrogen) atoms. The highest BCUT2D eigenvalue weighted by molar-refractivity contribution is 8.23. The van der Waals surface area contributed by atoms with Gasteiger partial charge in [-0.2, -0.15) is 0 Å². The van der Waals surface area contributed by atoms with Gasteiger partial charge in [0, 0.05) is 17.7 Å². The van der Waals surface area contributed by atoms with Crippen molar-refractivity contribution in [3.05, 3.63) is 59.7 Å². The lowest BCUT2D eigenvalue weighted by molar-refractivity contribution is 0.0821. The summed E-state index contributed by atoms with van der Waals surface area (Å²) in [6.07, 6.45) is 0.0137. The van der Waals surface area contributed by atoms with E-state index < -0.39 is 0 Å².